The van der Waals surface area contributed by atoms with Crippen molar-refractivity contribution in [3.63, 3.8) is 0 Å². The van der Waals surface area contributed by atoms with Gasteiger partial charge in [-0.1, -0.05) is 25.1 Å². The molecule has 10 heteroatoms. The van der Waals surface area contributed by atoms with Gasteiger partial charge in [0.25, 0.3) is 0 Å². The molecule has 1 atom stereocenters. The molecule has 2 aromatic carbocycles. The number of carbonyl (C=O) groups is 1. The van der Waals surface area contributed by atoms with E-state index in [9.17, 15) is 18.0 Å². The highest BCUT2D eigenvalue weighted by Crippen LogP contribution is 2.33. The number of pyridine rings is 1. The van der Waals surface area contributed by atoms with Crippen LogP contribution in [0.15, 0.2) is 60.8 Å². The van der Waals surface area contributed by atoms with Gasteiger partial charge in [0.1, 0.15) is 5.82 Å². The fraction of sp³-hybridized carbons (Fsp3) is 0.333. The third kappa shape index (κ3) is 8.38. The van der Waals surface area contributed by atoms with E-state index in [1.54, 1.807) is 24.4 Å². The number of hydrogen-bond acceptors (Lipinski definition) is 7. The van der Waals surface area contributed by atoms with E-state index in [0.29, 0.717) is 36.8 Å². The number of halogens is 3. The first-order valence-corrected chi connectivity index (χ1v) is 11.9. The number of benzene rings is 2. The number of hydrogen-bond donors (Lipinski definition) is 3. The molecule has 1 heterocycles. The van der Waals surface area contributed by atoms with Crippen LogP contribution in [-0.4, -0.2) is 30.7 Å². The Morgan fingerprint density at radius 2 is 1.89 bits per heavy atom. The van der Waals surface area contributed by atoms with Gasteiger partial charge in [0, 0.05) is 19.3 Å². The number of nitrogens with two attached hydrogens (primary N) is 1. The van der Waals surface area contributed by atoms with Crippen LogP contribution in [-0.2, 0) is 28.8 Å². The number of alkyl halides is 3. The molecule has 3 aromatic rings. The standard InChI is InChI=1S/C27H31F3N4O3/c1-3-22(37-17-18-5-4-6-20(13-18)26(35)36-2)11-12-32-25-10-7-19(16-34-25)15-33-24-9-8-21(14-23(24)31)27(28,29)30/h4-10,13-14,16,22,33H,3,11-12,15,17,31H2,1-2H3,(H,32,34). The molecular weight excluding hydrogens is 485 g/mol. The van der Waals surface area contributed by atoms with E-state index in [1.807, 2.05) is 18.2 Å². The smallest absolute Gasteiger partial charge is 0.416 e. The predicted molar refractivity (Wildman–Crippen MR) is 137 cm³/mol. The molecule has 0 radical (unpaired) electrons. The normalized spacial score (nSPS) is 12.1. The van der Waals surface area contributed by atoms with Crippen LogP contribution in [0.2, 0.25) is 0 Å². The number of nitrogen functional groups attached to an aromatic ring is 1. The zero-order valence-electron chi connectivity index (χ0n) is 20.8. The zero-order valence-corrected chi connectivity index (χ0v) is 20.8. The van der Waals surface area contributed by atoms with Gasteiger partial charge in [-0.15, -0.1) is 0 Å². The van der Waals surface area contributed by atoms with Crippen molar-refractivity contribution in [1.82, 2.24) is 4.98 Å². The number of esters is 1. The molecule has 0 aliphatic carbocycles. The van der Waals surface area contributed by atoms with Crippen LogP contribution in [0, 0.1) is 0 Å². The second-order valence-corrected chi connectivity index (χ2v) is 8.45. The molecule has 0 amide bonds. The average molecular weight is 517 g/mol. The van der Waals surface area contributed by atoms with Crippen LogP contribution in [0.4, 0.5) is 30.4 Å². The van der Waals surface area contributed by atoms with Gasteiger partial charge in [-0.2, -0.15) is 13.2 Å². The molecule has 0 spiro atoms. The Morgan fingerprint density at radius 1 is 1.08 bits per heavy atom. The van der Waals surface area contributed by atoms with Crippen LogP contribution in [0.25, 0.3) is 0 Å². The fourth-order valence-corrected chi connectivity index (χ4v) is 3.62. The third-order valence-corrected chi connectivity index (χ3v) is 5.75. The number of carbonyl (C=O) groups excluding carboxylic acids is 1. The topological polar surface area (TPSA) is 98.5 Å². The summed E-state index contributed by atoms with van der Waals surface area (Å²) in [6.07, 6.45) is -1.10. The van der Waals surface area contributed by atoms with Crippen molar-refractivity contribution in [2.45, 2.75) is 45.2 Å². The van der Waals surface area contributed by atoms with Crippen molar-refractivity contribution in [2.75, 3.05) is 30.0 Å². The van der Waals surface area contributed by atoms with Crippen molar-refractivity contribution in [3.05, 3.63) is 83.0 Å². The van der Waals surface area contributed by atoms with Crippen LogP contribution in [0.1, 0.15) is 46.8 Å². The molecule has 0 bridgehead atoms. The number of anilines is 3. The van der Waals surface area contributed by atoms with E-state index < -0.39 is 11.7 Å². The van der Waals surface area contributed by atoms with Gasteiger partial charge < -0.3 is 25.8 Å². The number of nitrogens with one attached hydrogen (secondary N) is 2. The van der Waals surface area contributed by atoms with Gasteiger partial charge in [0.2, 0.25) is 0 Å². The first kappa shape index (κ1) is 27.8. The van der Waals surface area contributed by atoms with E-state index in [4.69, 9.17) is 15.2 Å². The lowest BCUT2D eigenvalue weighted by Gasteiger charge is -2.17. The lowest BCUT2D eigenvalue weighted by molar-refractivity contribution is -0.137. The fourth-order valence-electron chi connectivity index (χ4n) is 3.62. The first-order chi connectivity index (χ1) is 17.7. The largest absolute Gasteiger partial charge is 0.465 e. The highest BCUT2D eigenvalue weighted by atomic mass is 19.4. The number of aromatic nitrogens is 1. The van der Waals surface area contributed by atoms with E-state index in [2.05, 4.69) is 22.5 Å². The maximum absolute atomic E-state index is 12.8. The minimum atomic E-state index is -4.43. The highest BCUT2D eigenvalue weighted by Gasteiger charge is 2.30. The Labute approximate surface area is 214 Å². The minimum absolute atomic E-state index is 0.0323. The first-order valence-electron chi connectivity index (χ1n) is 11.9. The van der Waals surface area contributed by atoms with Gasteiger partial charge in [0.15, 0.2) is 0 Å². The molecule has 0 saturated carbocycles. The van der Waals surface area contributed by atoms with Gasteiger partial charge >= 0.3 is 12.1 Å². The summed E-state index contributed by atoms with van der Waals surface area (Å²) < 4.78 is 49.1. The Kier molecular flexibility index (Phi) is 9.73. The summed E-state index contributed by atoms with van der Waals surface area (Å²) in [6, 6.07) is 14.1. The van der Waals surface area contributed by atoms with Crippen molar-refractivity contribution in [1.29, 1.82) is 0 Å². The molecule has 1 aromatic heterocycles. The molecule has 0 aliphatic rings. The molecule has 0 saturated heterocycles. The molecule has 198 valence electrons. The Bertz CT molecular complexity index is 1170. The number of methoxy groups -OCH3 is 1. The van der Waals surface area contributed by atoms with Gasteiger partial charge in [-0.3, -0.25) is 0 Å². The number of rotatable bonds is 12. The maximum atomic E-state index is 12.8. The third-order valence-electron chi connectivity index (χ3n) is 5.75. The van der Waals surface area contributed by atoms with E-state index in [1.165, 1.54) is 13.2 Å². The summed E-state index contributed by atoms with van der Waals surface area (Å²) in [5.41, 5.74) is 7.69. The number of nitrogens with zero attached hydrogens (tertiary/aromatic N) is 1. The second-order valence-electron chi connectivity index (χ2n) is 8.45. The Hall–Kier alpha value is -3.79. The minimum Gasteiger partial charge on any atom is -0.465 e. The van der Waals surface area contributed by atoms with Crippen molar-refractivity contribution >= 4 is 23.2 Å². The van der Waals surface area contributed by atoms with E-state index >= 15 is 0 Å². The highest BCUT2D eigenvalue weighted by molar-refractivity contribution is 5.89. The quantitative estimate of drug-likeness (QED) is 0.204. The van der Waals surface area contributed by atoms with Crippen molar-refractivity contribution in [3.8, 4) is 0 Å². The van der Waals surface area contributed by atoms with E-state index in [0.717, 1.165) is 36.1 Å². The van der Waals surface area contributed by atoms with Crippen LogP contribution in [0.3, 0.4) is 0 Å². The van der Waals surface area contributed by atoms with Crippen LogP contribution < -0.4 is 16.4 Å². The second kappa shape index (κ2) is 13.0. The molecule has 4 N–H and O–H groups in total. The van der Waals surface area contributed by atoms with Gasteiger partial charge in [-0.25, -0.2) is 9.78 Å². The monoisotopic (exact) mass is 516 g/mol. The average Bonchev–Trinajstić information content (AvgIpc) is 2.89. The molecule has 37 heavy (non-hydrogen) atoms. The van der Waals surface area contributed by atoms with Crippen LogP contribution >= 0.6 is 0 Å². The number of ether oxygens (including phenoxy) is 2. The molecular formula is C27H31F3N4O3. The van der Waals surface area contributed by atoms with Crippen LogP contribution in [0.5, 0.6) is 0 Å². The summed E-state index contributed by atoms with van der Waals surface area (Å²) in [5.74, 6) is 0.328. The maximum Gasteiger partial charge on any atom is 0.416 e. The SMILES string of the molecule is CCC(CCNc1ccc(CNc2ccc(C(F)(F)F)cc2N)cn1)OCc1cccc(C(=O)OC)c1. The molecule has 3 rings (SSSR count). The summed E-state index contributed by atoms with van der Waals surface area (Å²) in [5, 5.41) is 6.31. The van der Waals surface area contributed by atoms with Gasteiger partial charge in [-0.05, 0) is 60.4 Å². The van der Waals surface area contributed by atoms with E-state index in [-0.39, 0.29) is 17.8 Å². The lowest BCUT2D eigenvalue weighted by Crippen LogP contribution is -2.17. The Balaban J connectivity index is 1.43. The van der Waals surface area contributed by atoms with Gasteiger partial charge in [0.05, 0.1) is 42.3 Å². The molecule has 0 aliphatic heterocycles. The van der Waals surface area contributed by atoms with Crippen molar-refractivity contribution < 1.29 is 27.4 Å². The summed E-state index contributed by atoms with van der Waals surface area (Å²) in [4.78, 5) is 16.1. The summed E-state index contributed by atoms with van der Waals surface area (Å²) in [6.45, 7) is 3.48. The van der Waals surface area contributed by atoms with Crippen molar-refractivity contribution in [2.24, 2.45) is 0 Å². The lowest BCUT2D eigenvalue weighted by atomic mass is 10.1. The molecule has 1 unspecified atom stereocenters. The summed E-state index contributed by atoms with van der Waals surface area (Å²) >= 11 is 0. The zero-order chi connectivity index (χ0) is 26.8. The Morgan fingerprint density at radius 3 is 2.54 bits per heavy atom. The molecule has 0 fully saturated rings. The molecule has 7 nitrogen and oxygen atoms in total. The predicted octanol–water partition coefficient (Wildman–Crippen LogP) is 5.88. The summed E-state index contributed by atoms with van der Waals surface area (Å²) in [7, 11) is 1.35.